The minimum atomic E-state index is -0.526. The van der Waals surface area contributed by atoms with E-state index in [2.05, 4.69) is 24.8 Å². The van der Waals surface area contributed by atoms with Crippen molar-refractivity contribution in [2.24, 2.45) is 23.2 Å². The van der Waals surface area contributed by atoms with E-state index in [1.807, 2.05) is 0 Å². The van der Waals surface area contributed by atoms with Gasteiger partial charge >= 0.3 is 5.97 Å². The quantitative estimate of drug-likeness (QED) is 0.574. The van der Waals surface area contributed by atoms with E-state index >= 15 is 0 Å². The molecule has 6 heteroatoms. The van der Waals surface area contributed by atoms with Gasteiger partial charge in [0, 0.05) is 50.2 Å². The third-order valence-electron chi connectivity index (χ3n) is 8.46. The first-order valence-electron chi connectivity index (χ1n) is 11.0. The number of nitrogens with zero attached hydrogens (tertiary/aromatic N) is 1. The normalized spacial score (nSPS) is 45.5. The Morgan fingerprint density at radius 3 is 2.68 bits per heavy atom. The van der Waals surface area contributed by atoms with Gasteiger partial charge < -0.3 is 24.2 Å². The van der Waals surface area contributed by atoms with Gasteiger partial charge in [-0.1, -0.05) is 25.5 Å². The van der Waals surface area contributed by atoms with E-state index in [4.69, 9.17) is 14.2 Å². The maximum absolute atomic E-state index is 12.8. The van der Waals surface area contributed by atoms with E-state index in [0.717, 1.165) is 45.2 Å². The first-order valence-corrected chi connectivity index (χ1v) is 11.0. The van der Waals surface area contributed by atoms with Crippen molar-refractivity contribution in [1.29, 1.82) is 0 Å². The summed E-state index contributed by atoms with van der Waals surface area (Å²) in [7, 11) is 0. The van der Waals surface area contributed by atoms with Crippen LogP contribution in [0.25, 0.3) is 0 Å². The van der Waals surface area contributed by atoms with Gasteiger partial charge in [-0.15, -0.1) is 0 Å². The molecule has 1 N–H and O–H groups in total. The van der Waals surface area contributed by atoms with Crippen molar-refractivity contribution in [3.8, 4) is 0 Å². The van der Waals surface area contributed by atoms with Crippen LogP contribution in [-0.2, 0) is 19.0 Å². The smallest absolute Gasteiger partial charge is 0.311 e. The number of hydrogen-bond donors (Lipinski definition) is 1. The van der Waals surface area contributed by atoms with Crippen molar-refractivity contribution in [1.82, 2.24) is 4.90 Å². The number of aliphatic hydroxyl groups excluding tert-OH is 1. The molecule has 0 unspecified atom stereocenters. The molecule has 0 aromatic rings. The van der Waals surface area contributed by atoms with Crippen LogP contribution < -0.4 is 0 Å². The number of esters is 1. The fraction of sp³-hybridized carbons (Fsp3) is 0.864. The van der Waals surface area contributed by atoms with E-state index < -0.39 is 11.9 Å². The fourth-order valence-electron chi connectivity index (χ4n) is 6.41. The molecule has 1 spiro atoms. The molecule has 3 aliphatic heterocycles. The van der Waals surface area contributed by atoms with Gasteiger partial charge in [-0.25, -0.2) is 0 Å². The van der Waals surface area contributed by atoms with Gasteiger partial charge in [-0.05, 0) is 18.8 Å². The molecule has 5 aliphatic rings. The summed E-state index contributed by atoms with van der Waals surface area (Å²) in [6.45, 7) is 8.18. The number of fused-ring (bicyclic) bond motifs is 2. The lowest BCUT2D eigenvalue weighted by molar-refractivity contribution is -0.186. The highest BCUT2D eigenvalue weighted by Crippen LogP contribution is 2.56. The number of carbonyl (C=O) groups excluding carboxylic acids is 1. The molecule has 0 amide bonds. The molecule has 5 rings (SSSR count). The second-order valence-electron chi connectivity index (χ2n) is 9.71. The monoisotopic (exact) mass is 391 g/mol. The van der Waals surface area contributed by atoms with Gasteiger partial charge in [0.2, 0.25) is 0 Å². The zero-order valence-electron chi connectivity index (χ0n) is 17.1. The second kappa shape index (κ2) is 6.79. The molecule has 0 aromatic carbocycles. The summed E-state index contributed by atoms with van der Waals surface area (Å²) in [5, 5.41) is 11.5. The molecule has 3 saturated heterocycles. The maximum Gasteiger partial charge on any atom is 0.311 e. The van der Waals surface area contributed by atoms with E-state index in [1.165, 1.54) is 5.57 Å². The molecule has 3 heterocycles. The third kappa shape index (κ3) is 2.79. The molecule has 156 valence electrons. The Hall–Kier alpha value is -0.950. The van der Waals surface area contributed by atoms with E-state index in [-0.39, 0.29) is 29.3 Å². The summed E-state index contributed by atoms with van der Waals surface area (Å²) in [5.41, 5.74) is 1.06. The van der Waals surface area contributed by atoms with Crippen LogP contribution in [0.3, 0.4) is 0 Å². The zero-order valence-corrected chi connectivity index (χ0v) is 17.1. The van der Waals surface area contributed by atoms with Crippen molar-refractivity contribution >= 4 is 5.97 Å². The first kappa shape index (κ1) is 19.0. The molecule has 2 aliphatic carbocycles. The summed E-state index contributed by atoms with van der Waals surface area (Å²) < 4.78 is 17.4. The zero-order chi connectivity index (χ0) is 19.5. The topological polar surface area (TPSA) is 68.2 Å². The predicted octanol–water partition coefficient (Wildman–Crippen LogP) is 2.11. The van der Waals surface area contributed by atoms with Gasteiger partial charge in [0.1, 0.15) is 6.10 Å². The van der Waals surface area contributed by atoms with Crippen LogP contribution in [0.5, 0.6) is 0 Å². The Morgan fingerprint density at radius 1 is 1.25 bits per heavy atom. The second-order valence-corrected chi connectivity index (χ2v) is 9.71. The number of hydrogen-bond acceptors (Lipinski definition) is 6. The number of likely N-dealkylation sites (tertiary alicyclic amines) is 1. The number of carbonyl (C=O) groups is 1. The Morgan fingerprint density at radius 2 is 1.96 bits per heavy atom. The minimum absolute atomic E-state index is 0.106. The molecule has 0 radical (unpaired) electrons. The van der Waals surface area contributed by atoms with Crippen LogP contribution in [0, 0.1) is 23.2 Å². The Labute approximate surface area is 167 Å². The molecule has 0 bridgehead atoms. The average molecular weight is 392 g/mol. The Kier molecular flexibility index (Phi) is 4.62. The summed E-state index contributed by atoms with van der Waals surface area (Å²) in [4.78, 5) is 15.1. The molecule has 6 atom stereocenters. The molecule has 0 aromatic heterocycles. The van der Waals surface area contributed by atoms with Crippen LogP contribution in [0.15, 0.2) is 11.6 Å². The van der Waals surface area contributed by atoms with Crippen molar-refractivity contribution in [3.05, 3.63) is 11.6 Å². The van der Waals surface area contributed by atoms with Crippen LogP contribution in [-0.4, -0.2) is 66.8 Å². The Bertz CT molecular complexity index is 662. The molecule has 6 nitrogen and oxygen atoms in total. The largest absolute Gasteiger partial charge is 0.461 e. The van der Waals surface area contributed by atoms with Crippen LogP contribution in [0.2, 0.25) is 0 Å². The third-order valence-corrected chi connectivity index (χ3v) is 8.46. The minimum Gasteiger partial charge on any atom is -0.461 e. The summed E-state index contributed by atoms with van der Waals surface area (Å²) >= 11 is 0. The van der Waals surface area contributed by atoms with Crippen LogP contribution in [0.1, 0.15) is 46.0 Å². The van der Waals surface area contributed by atoms with Gasteiger partial charge in [-0.3, -0.25) is 4.79 Å². The molecular weight excluding hydrogens is 358 g/mol. The van der Waals surface area contributed by atoms with E-state index in [0.29, 0.717) is 25.7 Å². The lowest BCUT2D eigenvalue weighted by Gasteiger charge is -2.52. The van der Waals surface area contributed by atoms with Crippen molar-refractivity contribution in [3.63, 3.8) is 0 Å². The molecule has 28 heavy (non-hydrogen) atoms. The number of aliphatic hydroxyl groups is 1. The highest BCUT2D eigenvalue weighted by Gasteiger charge is 2.60. The molecule has 4 fully saturated rings. The standard InChI is InChI=1S/C22H33NO5/c1-14-4-3-5-15-12-17-18(19(24)21(14,15)2)16(20(25)28-17)13-23-8-6-22(7-9-23)26-10-11-27-22/h5,14,16-19,24H,3-4,6-13H2,1-2H3/t14-,16+,17-,18-,19-,21-/m1/s1. The lowest BCUT2D eigenvalue weighted by atomic mass is 9.55. The summed E-state index contributed by atoms with van der Waals surface area (Å²) in [6.07, 6.45) is 6.22. The van der Waals surface area contributed by atoms with Gasteiger partial charge in [0.25, 0.3) is 0 Å². The number of allylic oxidation sites excluding steroid dienone is 1. The summed E-state index contributed by atoms with van der Waals surface area (Å²) in [5.74, 6) is -0.453. The average Bonchev–Trinajstić information content (AvgIpc) is 3.25. The van der Waals surface area contributed by atoms with Crippen LogP contribution >= 0.6 is 0 Å². The van der Waals surface area contributed by atoms with Crippen molar-refractivity contribution in [2.45, 2.75) is 63.9 Å². The van der Waals surface area contributed by atoms with E-state index in [1.54, 1.807) is 0 Å². The summed E-state index contributed by atoms with van der Waals surface area (Å²) in [6, 6.07) is 0. The van der Waals surface area contributed by atoms with Crippen molar-refractivity contribution in [2.75, 3.05) is 32.8 Å². The molecular formula is C22H33NO5. The molecule has 1 saturated carbocycles. The number of ether oxygens (including phenoxy) is 3. The van der Waals surface area contributed by atoms with E-state index in [9.17, 15) is 9.90 Å². The predicted molar refractivity (Wildman–Crippen MR) is 102 cm³/mol. The van der Waals surface area contributed by atoms with Gasteiger partial charge in [0.05, 0.1) is 25.2 Å². The SMILES string of the molecule is C[C@@H]1CCC=C2C[C@H]3OC(=O)[C@@H](CN4CCC5(CC4)OCCO5)[C@H]3[C@@H](O)[C@@]21C. The first-order chi connectivity index (χ1) is 13.4. The highest BCUT2D eigenvalue weighted by molar-refractivity contribution is 5.76. The highest BCUT2D eigenvalue weighted by atomic mass is 16.7. The lowest BCUT2D eigenvalue weighted by Crippen LogP contribution is -2.55. The maximum atomic E-state index is 12.8. The van der Waals surface area contributed by atoms with Crippen molar-refractivity contribution < 1.29 is 24.1 Å². The van der Waals surface area contributed by atoms with Gasteiger partial charge in [0.15, 0.2) is 5.79 Å². The number of rotatable bonds is 2. The van der Waals surface area contributed by atoms with Crippen LogP contribution in [0.4, 0.5) is 0 Å². The fourth-order valence-corrected chi connectivity index (χ4v) is 6.41. The van der Waals surface area contributed by atoms with Gasteiger partial charge in [-0.2, -0.15) is 0 Å². The Balaban J connectivity index is 1.31. The number of piperidine rings is 1.